The van der Waals surface area contributed by atoms with Crippen LogP contribution in [0.25, 0.3) is 0 Å². The second kappa shape index (κ2) is 7.21. The summed E-state index contributed by atoms with van der Waals surface area (Å²) in [5, 5.41) is 0. The molecule has 0 radical (unpaired) electrons. The zero-order chi connectivity index (χ0) is 17.0. The van der Waals surface area contributed by atoms with E-state index < -0.39 is 5.91 Å². The number of thioether (sulfide) groups is 1. The maximum absolute atomic E-state index is 12.5. The topological polar surface area (TPSA) is 69.4 Å². The molecule has 0 heterocycles. The molecule has 0 aromatic heterocycles. The number of amides is 1. The van der Waals surface area contributed by atoms with Gasteiger partial charge in [0.2, 0.25) is 5.91 Å². The van der Waals surface area contributed by atoms with Crippen LogP contribution < -0.4 is 5.73 Å². The highest BCUT2D eigenvalue weighted by Gasteiger charge is 2.29. The average Bonchev–Trinajstić information content (AvgIpc) is 2.43. The molecule has 1 amide bonds. The van der Waals surface area contributed by atoms with Gasteiger partial charge in [-0.15, -0.1) is 11.8 Å². The van der Waals surface area contributed by atoms with Crippen molar-refractivity contribution < 1.29 is 14.3 Å². The van der Waals surface area contributed by atoms with Crippen molar-refractivity contribution in [2.24, 2.45) is 11.1 Å². The third kappa shape index (κ3) is 5.13. The number of carbonyl (C=O) groups is 2. The van der Waals surface area contributed by atoms with Gasteiger partial charge in [0.05, 0.1) is 11.3 Å². The van der Waals surface area contributed by atoms with E-state index in [4.69, 9.17) is 10.5 Å². The van der Waals surface area contributed by atoms with Gasteiger partial charge >= 0.3 is 5.97 Å². The fourth-order valence-corrected chi connectivity index (χ4v) is 3.77. The zero-order valence-corrected chi connectivity index (χ0v) is 14.6. The van der Waals surface area contributed by atoms with Crippen LogP contribution >= 0.6 is 11.8 Å². The van der Waals surface area contributed by atoms with Gasteiger partial charge in [-0.05, 0) is 43.4 Å². The molecule has 0 aliphatic heterocycles. The Balaban J connectivity index is 2.12. The van der Waals surface area contributed by atoms with Gasteiger partial charge in [0.15, 0.2) is 0 Å². The van der Waals surface area contributed by atoms with Crippen molar-refractivity contribution in [1.29, 1.82) is 0 Å². The van der Waals surface area contributed by atoms with Gasteiger partial charge in [-0.3, -0.25) is 4.79 Å². The van der Waals surface area contributed by atoms with Crippen LogP contribution in [0.3, 0.4) is 0 Å². The second-order valence-electron chi connectivity index (χ2n) is 6.75. The van der Waals surface area contributed by atoms with Gasteiger partial charge < -0.3 is 10.5 Å². The summed E-state index contributed by atoms with van der Waals surface area (Å²) in [4.78, 5) is 24.2. The highest BCUT2D eigenvalue weighted by atomic mass is 32.2. The Morgan fingerprint density at radius 2 is 2.04 bits per heavy atom. The normalized spacial score (nSPS) is 19.8. The second-order valence-corrected chi connectivity index (χ2v) is 7.77. The summed E-state index contributed by atoms with van der Waals surface area (Å²) in [6.45, 7) is 6.43. The fraction of sp³-hybridized carbons (Fsp3) is 0.444. The van der Waals surface area contributed by atoms with Crippen LogP contribution in [0.15, 0.2) is 40.8 Å². The van der Waals surface area contributed by atoms with Gasteiger partial charge in [-0.1, -0.05) is 31.6 Å². The number of carbonyl (C=O) groups excluding carboxylic acids is 2. The number of esters is 1. The molecule has 0 saturated heterocycles. The van der Waals surface area contributed by atoms with Crippen molar-refractivity contribution in [3.63, 3.8) is 0 Å². The van der Waals surface area contributed by atoms with Gasteiger partial charge in [0, 0.05) is 4.90 Å². The first-order valence-corrected chi connectivity index (χ1v) is 8.64. The van der Waals surface area contributed by atoms with E-state index in [1.54, 1.807) is 18.2 Å². The third-order valence-corrected chi connectivity index (χ3v) is 4.81. The molecule has 23 heavy (non-hydrogen) atoms. The summed E-state index contributed by atoms with van der Waals surface area (Å²) in [5.41, 5.74) is 7.03. The predicted molar refractivity (Wildman–Crippen MR) is 92.3 cm³/mol. The molecule has 0 saturated carbocycles. The predicted octanol–water partition coefficient (Wildman–Crippen LogP) is 3.56. The molecule has 1 aliphatic carbocycles. The fourth-order valence-electron chi connectivity index (χ4n) is 2.99. The molecule has 0 bridgehead atoms. The number of rotatable bonds is 5. The Morgan fingerprint density at radius 1 is 1.35 bits per heavy atom. The van der Waals surface area contributed by atoms with E-state index in [0.29, 0.717) is 10.5 Å². The van der Waals surface area contributed by atoms with Crippen LogP contribution in [0.2, 0.25) is 0 Å². The molecule has 1 aliphatic rings. The monoisotopic (exact) mass is 333 g/mol. The Labute approximate surface area is 141 Å². The summed E-state index contributed by atoms with van der Waals surface area (Å²) in [6.07, 6.45) is 3.65. The number of hydrogen-bond donors (Lipinski definition) is 1. The molecule has 2 rings (SSSR count). The lowest BCUT2D eigenvalue weighted by molar-refractivity contribution is -0.115. The van der Waals surface area contributed by atoms with Gasteiger partial charge in [0.25, 0.3) is 0 Å². The van der Waals surface area contributed by atoms with E-state index in [0.717, 1.165) is 12.8 Å². The molecule has 1 aromatic carbocycles. The van der Waals surface area contributed by atoms with Crippen LogP contribution in [-0.4, -0.2) is 23.7 Å². The smallest absolute Gasteiger partial charge is 0.339 e. The molecule has 5 heteroatoms. The first-order valence-electron chi connectivity index (χ1n) is 7.65. The van der Waals surface area contributed by atoms with Gasteiger partial charge in [-0.25, -0.2) is 4.79 Å². The van der Waals surface area contributed by atoms with E-state index in [-0.39, 0.29) is 23.2 Å². The average molecular weight is 333 g/mol. The largest absolute Gasteiger partial charge is 0.454 e. The first-order chi connectivity index (χ1) is 10.8. The van der Waals surface area contributed by atoms with Crippen LogP contribution in [0.5, 0.6) is 0 Å². The number of benzene rings is 1. The molecule has 0 spiro atoms. The standard InChI is InChI=1S/C18H23NO3S/c1-12-8-13(10-18(2,3)9-12)22-17(21)14-6-4-5-7-15(14)23-11-16(19)20/h4-8,13H,9-11H2,1-3H3,(H2,19,20). The molecule has 1 unspecified atom stereocenters. The molecular weight excluding hydrogens is 310 g/mol. The summed E-state index contributed by atoms with van der Waals surface area (Å²) in [6, 6.07) is 7.14. The Bertz CT molecular complexity index is 637. The van der Waals surface area contributed by atoms with E-state index in [9.17, 15) is 9.59 Å². The maximum Gasteiger partial charge on any atom is 0.339 e. The number of allylic oxidation sites excluding steroid dienone is 1. The number of hydrogen-bond acceptors (Lipinski definition) is 4. The Morgan fingerprint density at radius 3 is 2.70 bits per heavy atom. The lowest BCUT2D eigenvalue weighted by Gasteiger charge is -2.33. The van der Waals surface area contributed by atoms with Gasteiger partial charge in [0.1, 0.15) is 6.10 Å². The van der Waals surface area contributed by atoms with Crippen molar-refractivity contribution in [3.8, 4) is 0 Å². The van der Waals surface area contributed by atoms with Crippen molar-refractivity contribution >= 4 is 23.6 Å². The van der Waals surface area contributed by atoms with Crippen LogP contribution in [0.4, 0.5) is 0 Å². The summed E-state index contributed by atoms with van der Waals surface area (Å²) in [7, 11) is 0. The lowest BCUT2D eigenvalue weighted by Crippen LogP contribution is -2.28. The summed E-state index contributed by atoms with van der Waals surface area (Å²) < 4.78 is 5.69. The SMILES string of the molecule is CC1=CC(OC(=O)c2ccccc2SCC(N)=O)CC(C)(C)C1. The lowest BCUT2D eigenvalue weighted by atomic mass is 9.76. The Hall–Kier alpha value is -1.75. The number of primary amides is 1. The summed E-state index contributed by atoms with van der Waals surface area (Å²) >= 11 is 1.26. The first kappa shape index (κ1) is 17.6. The quantitative estimate of drug-likeness (QED) is 0.508. The minimum atomic E-state index is -0.411. The molecule has 1 aromatic rings. The number of ether oxygens (including phenoxy) is 1. The highest BCUT2D eigenvalue weighted by molar-refractivity contribution is 8.00. The molecule has 1 atom stereocenters. The zero-order valence-electron chi connectivity index (χ0n) is 13.8. The molecule has 2 N–H and O–H groups in total. The number of nitrogens with two attached hydrogens (primary N) is 1. The van der Waals surface area contributed by atoms with E-state index in [2.05, 4.69) is 20.8 Å². The molecule has 4 nitrogen and oxygen atoms in total. The third-order valence-electron chi connectivity index (χ3n) is 3.72. The summed E-state index contributed by atoms with van der Waals surface area (Å²) in [5.74, 6) is -0.630. The minimum Gasteiger partial charge on any atom is -0.454 e. The van der Waals surface area contributed by atoms with Crippen molar-refractivity contribution in [2.45, 2.75) is 44.6 Å². The van der Waals surface area contributed by atoms with E-state index >= 15 is 0 Å². The van der Waals surface area contributed by atoms with Crippen molar-refractivity contribution in [1.82, 2.24) is 0 Å². The van der Waals surface area contributed by atoms with Gasteiger partial charge in [-0.2, -0.15) is 0 Å². The molecular formula is C18H23NO3S. The van der Waals surface area contributed by atoms with E-state index in [1.165, 1.54) is 17.3 Å². The highest BCUT2D eigenvalue weighted by Crippen LogP contribution is 2.36. The maximum atomic E-state index is 12.5. The molecule has 124 valence electrons. The minimum absolute atomic E-state index is 0.129. The van der Waals surface area contributed by atoms with E-state index in [1.807, 2.05) is 12.1 Å². The van der Waals surface area contributed by atoms with Crippen LogP contribution in [-0.2, 0) is 9.53 Å². The van der Waals surface area contributed by atoms with Crippen molar-refractivity contribution in [2.75, 3.05) is 5.75 Å². The van der Waals surface area contributed by atoms with Crippen LogP contribution in [0.1, 0.15) is 44.0 Å². The van der Waals surface area contributed by atoms with Crippen molar-refractivity contribution in [3.05, 3.63) is 41.5 Å². The molecule has 0 fully saturated rings. The van der Waals surface area contributed by atoms with Crippen LogP contribution in [0, 0.1) is 5.41 Å². The Kier molecular flexibility index (Phi) is 5.52.